The van der Waals surface area contributed by atoms with E-state index in [0.29, 0.717) is 0 Å². The van der Waals surface area contributed by atoms with Crippen LogP contribution in [0.3, 0.4) is 0 Å². The van der Waals surface area contributed by atoms with Gasteiger partial charge in [0.25, 0.3) is 0 Å². The fourth-order valence-corrected chi connectivity index (χ4v) is 4.22. The molecular formula is C19H23BrO2. The zero-order chi connectivity index (χ0) is 16.0. The van der Waals surface area contributed by atoms with Crippen molar-refractivity contribution >= 4 is 27.8 Å². The van der Waals surface area contributed by atoms with Crippen molar-refractivity contribution in [3.63, 3.8) is 0 Å². The van der Waals surface area contributed by atoms with Gasteiger partial charge in [-0.2, -0.15) is 0 Å². The lowest BCUT2D eigenvalue weighted by atomic mass is 9.86. The summed E-state index contributed by atoms with van der Waals surface area (Å²) in [5.41, 5.74) is 2.23. The van der Waals surface area contributed by atoms with E-state index in [9.17, 15) is 4.79 Å². The van der Waals surface area contributed by atoms with E-state index in [1.54, 1.807) is 0 Å². The predicted molar refractivity (Wildman–Crippen MR) is 92.9 cm³/mol. The Labute approximate surface area is 141 Å². The van der Waals surface area contributed by atoms with Gasteiger partial charge in [0.1, 0.15) is 5.60 Å². The highest BCUT2D eigenvalue weighted by atomic mass is 79.9. The molecule has 0 amide bonds. The molecule has 1 saturated heterocycles. The molecular weight excluding hydrogens is 340 g/mol. The first kappa shape index (κ1) is 15.9. The maximum atomic E-state index is 12.9. The van der Waals surface area contributed by atoms with Crippen LogP contribution in [-0.4, -0.2) is 17.0 Å². The first-order valence-electron chi connectivity index (χ1n) is 8.13. The number of halogens is 1. The first-order chi connectivity index (χ1) is 10.4. The summed E-state index contributed by atoms with van der Waals surface area (Å²) in [6.45, 7) is 5.95. The molecule has 1 spiro atoms. The van der Waals surface area contributed by atoms with Gasteiger partial charge < -0.3 is 4.74 Å². The van der Waals surface area contributed by atoms with Gasteiger partial charge in [0.15, 0.2) is 5.78 Å². The third-order valence-electron chi connectivity index (χ3n) is 4.93. The second-order valence-corrected chi connectivity index (χ2v) is 7.81. The zero-order valence-electron chi connectivity index (χ0n) is 13.5. The zero-order valence-corrected chi connectivity index (χ0v) is 15.1. The van der Waals surface area contributed by atoms with Crippen molar-refractivity contribution in [3.8, 4) is 0 Å². The molecule has 0 bridgehead atoms. The Kier molecular flexibility index (Phi) is 4.07. The molecule has 0 aromatic heterocycles. The molecule has 3 heteroatoms. The summed E-state index contributed by atoms with van der Waals surface area (Å²) in [6, 6.07) is 6.27. The Bertz CT molecular complexity index is 637. The number of ether oxygens (including phenoxy) is 1. The number of aryl methyl sites for hydroxylation is 1. The number of carbonyl (C=O) groups is 1. The summed E-state index contributed by atoms with van der Waals surface area (Å²) < 4.78 is 7.34. The van der Waals surface area contributed by atoms with Crippen LogP contribution in [0.25, 0.3) is 6.08 Å². The number of hydrogen-bond donors (Lipinski definition) is 0. The van der Waals surface area contributed by atoms with E-state index in [1.807, 2.05) is 19.9 Å². The number of ketones is 1. The van der Waals surface area contributed by atoms with E-state index in [0.717, 1.165) is 47.7 Å². The third kappa shape index (κ3) is 2.59. The Morgan fingerprint density at radius 2 is 1.95 bits per heavy atom. The second-order valence-electron chi connectivity index (χ2n) is 6.90. The number of rotatable bonds is 2. The van der Waals surface area contributed by atoms with Crippen LogP contribution in [0.5, 0.6) is 0 Å². The van der Waals surface area contributed by atoms with Gasteiger partial charge in [-0.25, -0.2) is 0 Å². The summed E-state index contributed by atoms with van der Waals surface area (Å²) in [5.74, 6) is 0.152. The van der Waals surface area contributed by atoms with Gasteiger partial charge in [0.05, 0.1) is 5.60 Å². The molecule has 2 aliphatic rings. The fraction of sp³-hybridized carbons (Fsp3) is 0.526. The first-order valence-corrected chi connectivity index (χ1v) is 8.93. The predicted octanol–water partition coefficient (Wildman–Crippen LogP) is 5.09. The number of Topliss-reactive ketones (excluding diaryl/α,β-unsaturated/α-hetero) is 1. The van der Waals surface area contributed by atoms with E-state index >= 15 is 0 Å². The van der Waals surface area contributed by atoms with Crippen molar-refractivity contribution in [2.24, 2.45) is 0 Å². The molecule has 0 N–H and O–H groups in total. The Morgan fingerprint density at radius 3 is 2.59 bits per heavy atom. The highest BCUT2D eigenvalue weighted by Gasteiger charge is 2.55. The maximum absolute atomic E-state index is 12.9. The van der Waals surface area contributed by atoms with Gasteiger partial charge in [-0.15, -0.1) is 0 Å². The SMILES string of the molecule is CCc1cc(Br)ccc1C=C1C(=O)C(C)(C)OC12CCCC2. The van der Waals surface area contributed by atoms with Gasteiger partial charge >= 0.3 is 0 Å². The normalized spacial score (nSPS) is 24.5. The van der Waals surface area contributed by atoms with Crippen LogP contribution in [0.15, 0.2) is 28.2 Å². The summed E-state index contributed by atoms with van der Waals surface area (Å²) in [5, 5.41) is 0. The highest BCUT2D eigenvalue weighted by Crippen LogP contribution is 2.49. The largest absolute Gasteiger partial charge is 0.356 e. The van der Waals surface area contributed by atoms with Crippen molar-refractivity contribution in [2.45, 2.75) is 64.1 Å². The molecule has 2 fully saturated rings. The fourth-order valence-electron chi connectivity index (χ4n) is 3.81. The van der Waals surface area contributed by atoms with Crippen LogP contribution in [0.4, 0.5) is 0 Å². The van der Waals surface area contributed by atoms with Crippen molar-refractivity contribution in [1.82, 2.24) is 0 Å². The molecule has 1 heterocycles. The average Bonchev–Trinajstić information content (AvgIpc) is 2.99. The molecule has 2 nitrogen and oxygen atoms in total. The van der Waals surface area contributed by atoms with Gasteiger partial charge in [0.2, 0.25) is 0 Å². The average molecular weight is 363 g/mol. The Morgan fingerprint density at radius 1 is 1.27 bits per heavy atom. The van der Waals surface area contributed by atoms with Crippen LogP contribution < -0.4 is 0 Å². The summed E-state index contributed by atoms with van der Waals surface area (Å²) in [6.07, 6.45) is 7.25. The Hall–Kier alpha value is -0.930. The minimum Gasteiger partial charge on any atom is -0.356 e. The number of carbonyl (C=O) groups excluding carboxylic acids is 1. The van der Waals surface area contributed by atoms with Gasteiger partial charge in [-0.3, -0.25) is 4.79 Å². The highest BCUT2D eigenvalue weighted by molar-refractivity contribution is 9.10. The molecule has 0 unspecified atom stereocenters. The molecule has 1 saturated carbocycles. The lowest BCUT2D eigenvalue weighted by Crippen LogP contribution is -2.31. The van der Waals surface area contributed by atoms with E-state index < -0.39 is 5.60 Å². The molecule has 3 rings (SSSR count). The quantitative estimate of drug-likeness (QED) is 0.685. The van der Waals surface area contributed by atoms with E-state index in [-0.39, 0.29) is 11.4 Å². The van der Waals surface area contributed by atoms with Crippen LogP contribution in [0.1, 0.15) is 57.6 Å². The van der Waals surface area contributed by atoms with Gasteiger partial charge in [-0.1, -0.05) is 41.8 Å². The number of benzene rings is 1. The molecule has 1 aromatic rings. The molecule has 1 aliphatic carbocycles. The topological polar surface area (TPSA) is 26.3 Å². The van der Waals surface area contributed by atoms with Crippen molar-refractivity contribution < 1.29 is 9.53 Å². The van der Waals surface area contributed by atoms with Crippen LogP contribution in [0.2, 0.25) is 0 Å². The Balaban J connectivity index is 2.10. The summed E-state index contributed by atoms with van der Waals surface area (Å²) in [4.78, 5) is 12.9. The molecule has 0 atom stereocenters. The van der Waals surface area contributed by atoms with Crippen LogP contribution in [-0.2, 0) is 16.0 Å². The van der Waals surface area contributed by atoms with Crippen LogP contribution in [0, 0.1) is 0 Å². The van der Waals surface area contributed by atoms with Crippen molar-refractivity contribution in [1.29, 1.82) is 0 Å². The van der Waals surface area contributed by atoms with Gasteiger partial charge in [0, 0.05) is 10.0 Å². The van der Waals surface area contributed by atoms with Crippen molar-refractivity contribution in [2.75, 3.05) is 0 Å². The lowest BCUT2D eigenvalue weighted by Gasteiger charge is -2.26. The number of hydrogen-bond acceptors (Lipinski definition) is 2. The smallest absolute Gasteiger partial charge is 0.193 e. The van der Waals surface area contributed by atoms with E-state index in [1.165, 1.54) is 5.56 Å². The molecule has 1 aliphatic heterocycles. The van der Waals surface area contributed by atoms with Crippen LogP contribution >= 0.6 is 15.9 Å². The molecule has 118 valence electrons. The maximum Gasteiger partial charge on any atom is 0.193 e. The molecule has 0 radical (unpaired) electrons. The lowest BCUT2D eigenvalue weighted by molar-refractivity contribution is -0.133. The van der Waals surface area contributed by atoms with E-state index in [4.69, 9.17) is 4.74 Å². The van der Waals surface area contributed by atoms with E-state index in [2.05, 4.69) is 41.1 Å². The van der Waals surface area contributed by atoms with Gasteiger partial charge in [-0.05, 0) is 62.4 Å². The monoisotopic (exact) mass is 362 g/mol. The molecule has 1 aromatic carbocycles. The minimum atomic E-state index is -0.697. The molecule has 22 heavy (non-hydrogen) atoms. The second kappa shape index (κ2) is 5.61. The van der Waals surface area contributed by atoms with Crippen molar-refractivity contribution in [3.05, 3.63) is 39.4 Å². The minimum absolute atomic E-state index is 0.152. The summed E-state index contributed by atoms with van der Waals surface area (Å²) in [7, 11) is 0. The summed E-state index contributed by atoms with van der Waals surface area (Å²) >= 11 is 3.53. The standard InChI is InChI=1S/C19H23BrO2/c1-4-13-11-15(20)8-7-14(13)12-16-17(21)18(2,3)22-19(16)9-5-6-10-19/h7-8,11-12H,4-6,9-10H2,1-3H3. The third-order valence-corrected chi connectivity index (χ3v) is 5.42.